The molecule has 1 aromatic heterocycles. The molecule has 0 aliphatic heterocycles. The maximum Gasteiger partial charge on any atom is 0.239 e. The number of anilines is 1. The number of nitrogens with zero attached hydrogens (tertiary/aromatic N) is 3. The van der Waals surface area contributed by atoms with E-state index in [2.05, 4.69) is 15.3 Å². The number of thioether (sulfide) groups is 1. The van der Waals surface area contributed by atoms with Crippen molar-refractivity contribution in [3.63, 3.8) is 0 Å². The summed E-state index contributed by atoms with van der Waals surface area (Å²) in [7, 11) is 1.60. The fraction of sp³-hybridized carbons (Fsp3) is 0.538. The van der Waals surface area contributed by atoms with Crippen LogP contribution in [0.1, 0.15) is 19.0 Å². The SMILES string of the molecule is CCCNC(=O)CN(C)C(=O)CSc1nc(C)cc(N)n1. The molecule has 1 rings (SSSR count). The number of likely N-dealkylation sites (N-methyl/N-ethyl adjacent to an activating group) is 1. The van der Waals surface area contributed by atoms with E-state index < -0.39 is 0 Å². The highest BCUT2D eigenvalue weighted by Crippen LogP contribution is 2.15. The summed E-state index contributed by atoms with van der Waals surface area (Å²) in [6, 6.07) is 1.66. The number of carbonyl (C=O) groups excluding carboxylic acids is 2. The van der Waals surface area contributed by atoms with Crippen LogP contribution in [0.15, 0.2) is 11.2 Å². The summed E-state index contributed by atoms with van der Waals surface area (Å²) in [4.78, 5) is 33.1. The maximum absolute atomic E-state index is 11.9. The molecule has 21 heavy (non-hydrogen) atoms. The average Bonchev–Trinajstić information content (AvgIpc) is 2.41. The van der Waals surface area contributed by atoms with Crippen molar-refractivity contribution in [2.45, 2.75) is 25.4 Å². The van der Waals surface area contributed by atoms with E-state index in [1.54, 1.807) is 13.1 Å². The number of hydrogen-bond acceptors (Lipinski definition) is 6. The first-order chi connectivity index (χ1) is 9.92. The van der Waals surface area contributed by atoms with E-state index in [4.69, 9.17) is 5.73 Å². The molecule has 1 aromatic rings. The first-order valence-electron chi connectivity index (χ1n) is 6.67. The number of rotatable bonds is 7. The minimum Gasteiger partial charge on any atom is -0.384 e. The van der Waals surface area contributed by atoms with Crippen LogP contribution in [0.2, 0.25) is 0 Å². The van der Waals surface area contributed by atoms with Gasteiger partial charge < -0.3 is 16.0 Å². The van der Waals surface area contributed by atoms with E-state index in [1.165, 1.54) is 16.7 Å². The van der Waals surface area contributed by atoms with Gasteiger partial charge >= 0.3 is 0 Å². The van der Waals surface area contributed by atoms with E-state index in [9.17, 15) is 9.59 Å². The molecule has 0 fully saturated rings. The molecule has 0 spiro atoms. The summed E-state index contributed by atoms with van der Waals surface area (Å²) >= 11 is 1.20. The Morgan fingerprint density at radius 2 is 2.14 bits per heavy atom. The number of aromatic nitrogens is 2. The number of nitrogens with two attached hydrogens (primary N) is 1. The Hall–Kier alpha value is -1.83. The smallest absolute Gasteiger partial charge is 0.239 e. The zero-order valence-corrected chi connectivity index (χ0v) is 13.4. The molecule has 0 bridgehead atoms. The molecule has 1 heterocycles. The number of nitrogens with one attached hydrogen (secondary N) is 1. The van der Waals surface area contributed by atoms with Crippen LogP contribution in [0.5, 0.6) is 0 Å². The van der Waals surface area contributed by atoms with Crippen LogP contribution >= 0.6 is 11.8 Å². The van der Waals surface area contributed by atoms with Gasteiger partial charge in [-0.1, -0.05) is 18.7 Å². The summed E-state index contributed by atoms with van der Waals surface area (Å²) in [5.41, 5.74) is 6.38. The Balaban J connectivity index is 2.43. The van der Waals surface area contributed by atoms with Crippen molar-refractivity contribution in [2.75, 3.05) is 31.6 Å². The Labute approximate surface area is 128 Å². The monoisotopic (exact) mass is 311 g/mol. The third-order valence-electron chi connectivity index (χ3n) is 2.56. The first-order valence-corrected chi connectivity index (χ1v) is 7.65. The minimum atomic E-state index is -0.159. The van der Waals surface area contributed by atoms with Gasteiger partial charge in [-0.25, -0.2) is 9.97 Å². The van der Waals surface area contributed by atoms with Crippen LogP contribution < -0.4 is 11.1 Å². The quantitative estimate of drug-likeness (QED) is 0.560. The van der Waals surface area contributed by atoms with E-state index in [-0.39, 0.29) is 24.1 Å². The zero-order chi connectivity index (χ0) is 15.8. The molecule has 0 aromatic carbocycles. The molecule has 0 aliphatic rings. The fourth-order valence-electron chi connectivity index (χ4n) is 1.49. The maximum atomic E-state index is 11.9. The fourth-order valence-corrected chi connectivity index (χ4v) is 2.34. The van der Waals surface area contributed by atoms with Crippen molar-refractivity contribution in [1.82, 2.24) is 20.2 Å². The van der Waals surface area contributed by atoms with E-state index in [0.717, 1.165) is 12.1 Å². The largest absolute Gasteiger partial charge is 0.384 e. The van der Waals surface area contributed by atoms with Crippen LogP contribution in [0.3, 0.4) is 0 Å². The molecule has 0 atom stereocenters. The van der Waals surface area contributed by atoms with Crippen molar-refractivity contribution in [2.24, 2.45) is 0 Å². The Morgan fingerprint density at radius 1 is 1.43 bits per heavy atom. The van der Waals surface area contributed by atoms with Crippen LogP contribution in [0, 0.1) is 6.92 Å². The second-order valence-corrected chi connectivity index (χ2v) is 5.55. The van der Waals surface area contributed by atoms with Gasteiger partial charge in [0.25, 0.3) is 0 Å². The second kappa shape index (κ2) is 8.46. The van der Waals surface area contributed by atoms with Crippen molar-refractivity contribution < 1.29 is 9.59 Å². The van der Waals surface area contributed by atoms with E-state index in [1.807, 2.05) is 13.8 Å². The van der Waals surface area contributed by atoms with Crippen LogP contribution in [0.4, 0.5) is 5.82 Å². The molecule has 3 N–H and O–H groups in total. The molecule has 0 aliphatic carbocycles. The van der Waals surface area contributed by atoms with Crippen molar-refractivity contribution in [1.29, 1.82) is 0 Å². The molecule has 0 unspecified atom stereocenters. The number of nitrogen functional groups attached to an aromatic ring is 1. The van der Waals surface area contributed by atoms with Crippen LogP contribution in [0.25, 0.3) is 0 Å². The third kappa shape index (κ3) is 6.44. The highest BCUT2D eigenvalue weighted by atomic mass is 32.2. The zero-order valence-electron chi connectivity index (χ0n) is 12.5. The molecule has 7 nitrogen and oxygen atoms in total. The molecule has 0 radical (unpaired) electrons. The highest BCUT2D eigenvalue weighted by Gasteiger charge is 2.13. The van der Waals surface area contributed by atoms with Crippen molar-refractivity contribution in [3.8, 4) is 0 Å². The van der Waals surface area contributed by atoms with Gasteiger partial charge in [-0.3, -0.25) is 9.59 Å². The van der Waals surface area contributed by atoms with Gasteiger partial charge in [0.2, 0.25) is 11.8 Å². The lowest BCUT2D eigenvalue weighted by Crippen LogP contribution is -2.39. The summed E-state index contributed by atoms with van der Waals surface area (Å²) < 4.78 is 0. The summed E-state index contributed by atoms with van der Waals surface area (Å²) in [6.07, 6.45) is 0.866. The third-order valence-corrected chi connectivity index (χ3v) is 3.39. The minimum absolute atomic E-state index is 0.0518. The van der Waals surface area contributed by atoms with Gasteiger partial charge in [-0.15, -0.1) is 0 Å². The summed E-state index contributed by atoms with van der Waals surface area (Å²) in [5.74, 6) is 0.231. The van der Waals surface area contributed by atoms with E-state index in [0.29, 0.717) is 17.5 Å². The normalized spacial score (nSPS) is 10.2. The standard InChI is InChI=1S/C13H21N5O2S/c1-4-5-15-11(19)7-18(3)12(20)8-21-13-16-9(2)6-10(14)17-13/h6H,4-5,7-8H2,1-3H3,(H,15,19)(H2,14,16,17). The lowest BCUT2D eigenvalue weighted by molar-refractivity contribution is -0.132. The second-order valence-electron chi connectivity index (χ2n) is 4.61. The first kappa shape index (κ1) is 17.2. The number of hydrogen-bond donors (Lipinski definition) is 2. The Kier molecular flexibility index (Phi) is 6.93. The molecular weight excluding hydrogens is 290 g/mol. The van der Waals surface area contributed by atoms with Gasteiger partial charge in [0, 0.05) is 25.4 Å². The number of carbonyl (C=O) groups is 2. The van der Waals surface area contributed by atoms with E-state index >= 15 is 0 Å². The molecule has 116 valence electrons. The van der Waals surface area contributed by atoms with Crippen molar-refractivity contribution in [3.05, 3.63) is 11.8 Å². The topological polar surface area (TPSA) is 101 Å². The van der Waals surface area contributed by atoms with Gasteiger partial charge in [0.05, 0.1) is 12.3 Å². The lowest BCUT2D eigenvalue weighted by atomic mass is 10.4. The van der Waals surface area contributed by atoms with Crippen LogP contribution in [-0.2, 0) is 9.59 Å². The number of aryl methyl sites for hydroxylation is 1. The van der Waals surface area contributed by atoms with Gasteiger partial charge in [-0.2, -0.15) is 0 Å². The Morgan fingerprint density at radius 3 is 2.76 bits per heavy atom. The average molecular weight is 311 g/mol. The van der Waals surface area contributed by atoms with Gasteiger partial charge in [0.15, 0.2) is 5.16 Å². The highest BCUT2D eigenvalue weighted by molar-refractivity contribution is 7.99. The molecule has 2 amide bonds. The summed E-state index contributed by atoms with van der Waals surface area (Å²) in [5, 5.41) is 3.19. The predicted molar refractivity (Wildman–Crippen MR) is 82.8 cm³/mol. The Bertz CT molecular complexity index is 489. The summed E-state index contributed by atoms with van der Waals surface area (Å²) in [6.45, 7) is 4.45. The van der Waals surface area contributed by atoms with Gasteiger partial charge in [-0.05, 0) is 13.3 Å². The predicted octanol–water partition coefficient (Wildman–Crippen LogP) is 0.444. The molecule has 0 saturated heterocycles. The molecular formula is C13H21N5O2S. The molecule has 0 saturated carbocycles. The lowest BCUT2D eigenvalue weighted by Gasteiger charge is -2.16. The van der Waals surface area contributed by atoms with Crippen LogP contribution in [-0.4, -0.2) is 52.6 Å². The van der Waals surface area contributed by atoms with Gasteiger partial charge in [0.1, 0.15) is 5.82 Å². The molecule has 8 heteroatoms. The number of amides is 2. The van der Waals surface area contributed by atoms with Crippen molar-refractivity contribution >= 4 is 29.4 Å².